The minimum Gasteiger partial charge on any atom is -0.310 e. The fourth-order valence-electron chi connectivity index (χ4n) is 8.30. The Labute approximate surface area is 291 Å². The van der Waals surface area contributed by atoms with Gasteiger partial charge in [-0.15, -0.1) is 0 Å². The predicted molar refractivity (Wildman–Crippen MR) is 205 cm³/mol. The second-order valence-electron chi connectivity index (χ2n) is 12.9. The van der Waals surface area contributed by atoms with Crippen LogP contribution in [0.3, 0.4) is 0 Å². The first-order valence-corrected chi connectivity index (χ1v) is 17.7. The minimum absolute atomic E-state index is 0.411. The number of hydrogen-bond acceptors (Lipinski definition) is 2. The second kappa shape index (κ2) is 11.1. The SMILES string of the molecule is c1ccc(N(c2ccccc2)c2ccc3cc(-c4cccc5c4C4(c6ccccc6S5)c5ccccc5-c5ccccc54)ccc3c2)cc1. The highest BCUT2D eigenvalue weighted by Gasteiger charge is 2.51. The molecule has 2 aliphatic rings. The van der Waals surface area contributed by atoms with Gasteiger partial charge < -0.3 is 4.90 Å². The molecule has 1 spiro atoms. The van der Waals surface area contributed by atoms with Gasteiger partial charge in [-0.2, -0.15) is 0 Å². The zero-order valence-electron chi connectivity index (χ0n) is 26.8. The summed E-state index contributed by atoms with van der Waals surface area (Å²) in [6.07, 6.45) is 0. The molecule has 1 aliphatic carbocycles. The van der Waals surface area contributed by atoms with Crippen LogP contribution in [0.15, 0.2) is 198 Å². The van der Waals surface area contributed by atoms with Crippen molar-refractivity contribution in [1.29, 1.82) is 0 Å². The van der Waals surface area contributed by atoms with Gasteiger partial charge in [0.05, 0.1) is 5.41 Å². The number of para-hydroxylation sites is 2. The summed E-state index contributed by atoms with van der Waals surface area (Å²) in [7, 11) is 0. The molecule has 230 valence electrons. The van der Waals surface area contributed by atoms with E-state index >= 15 is 0 Å². The highest BCUT2D eigenvalue weighted by atomic mass is 32.2. The number of benzene rings is 8. The van der Waals surface area contributed by atoms with Crippen LogP contribution in [0.4, 0.5) is 17.1 Å². The Morgan fingerprint density at radius 3 is 1.59 bits per heavy atom. The summed E-state index contributed by atoms with van der Waals surface area (Å²) in [5.74, 6) is 0. The van der Waals surface area contributed by atoms with Gasteiger partial charge in [0.1, 0.15) is 0 Å². The molecule has 0 bridgehead atoms. The molecule has 10 rings (SSSR count). The van der Waals surface area contributed by atoms with Crippen molar-refractivity contribution < 1.29 is 0 Å². The molecule has 0 saturated heterocycles. The molecule has 1 aliphatic heterocycles. The van der Waals surface area contributed by atoms with Crippen molar-refractivity contribution in [2.75, 3.05) is 4.90 Å². The van der Waals surface area contributed by atoms with Gasteiger partial charge in [-0.3, -0.25) is 0 Å². The third-order valence-electron chi connectivity index (χ3n) is 10.3. The normalized spacial score (nSPS) is 13.4. The molecule has 8 aromatic rings. The average Bonchev–Trinajstić information content (AvgIpc) is 3.46. The molecule has 0 N–H and O–H groups in total. The van der Waals surface area contributed by atoms with Crippen LogP contribution in [-0.2, 0) is 5.41 Å². The Kier molecular flexibility index (Phi) is 6.40. The number of rotatable bonds is 4. The largest absolute Gasteiger partial charge is 0.310 e. The average molecular weight is 642 g/mol. The van der Waals surface area contributed by atoms with Gasteiger partial charge in [-0.05, 0) is 110 Å². The van der Waals surface area contributed by atoms with Crippen LogP contribution in [0.2, 0.25) is 0 Å². The molecule has 0 unspecified atom stereocenters. The molecule has 0 aromatic heterocycles. The molecule has 0 radical (unpaired) electrons. The van der Waals surface area contributed by atoms with Gasteiger partial charge in [0.25, 0.3) is 0 Å². The maximum Gasteiger partial charge on any atom is 0.0741 e. The Bertz CT molecular complexity index is 2450. The Morgan fingerprint density at radius 2 is 0.898 bits per heavy atom. The molecule has 8 aromatic carbocycles. The fourth-order valence-corrected chi connectivity index (χ4v) is 9.52. The molecule has 0 saturated carbocycles. The summed E-state index contributed by atoms with van der Waals surface area (Å²) in [5.41, 5.74) is 13.7. The quantitative estimate of drug-likeness (QED) is 0.188. The molecule has 0 fully saturated rings. The number of nitrogens with zero attached hydrogens (tertiary/aromatic N) is 1. The highest BCUT2D eigenvalue weighted by molar-refractivity contribution is 7.99. The lowest BCUT2D eigenvalue weighted by atomic mass is 9.65. The van der Waals surface area contributed by atoms with Gasteiger partial charge in [0.2, 0.25) is 0 Å². The van der Waals surface area contributed by atoms with Crippen molar-refractivity contribution in [2.45, 2.75) is 15.2 Å². The first kappa shape index (κ1) is 28.2. The topological polar surface area (TPSA) is 3.24 Å². The summed E-state index contributed by atoms with van der Waals surface area (Å²) in [4.78, 5) is 4.97. The Balaban J connectivity index is 1.17. The third kappa shape index (κ3) is 4.21. The van der Waals surface area contributed by atoms with Crippen LogP contribution in [0.1, 0.15) is 22.3 Å². The third-order valence-corrected chi connectivity index (χ3v) is 11.4. The van der Waals surface area contributed by atoms with E-state index in [1.54, 1.807) is 0 Å². The van der Waals surface area contributed by atoms with Crippen molar-refractivity contribution in [1.82, 2.24) is 0 Å². The maximum atomic E-state index is 2.38. The van der Waals surface area contributed by atoms with Crippen molar-refractivity contribution in [2.24, 2.45) is 0 Å². The van der Waals surface area contributed by atoms with E-state index < -0.39 is 5.41 Å². The van der Waals surface area contributed by atoms with E-state index in [0.717, 1.165) is 17.1 Å². The zero-order valence-corrected chi connectivity index (χ0v) is 27.6. The van der Waals surface area contributed by atoms with E-state index in [4.69, 9.17) is 0 Å². The zero-order chi connectivity index (χ0) is 32.4. The molecular formula is C47H31NS. The van der Waals surface area contributed by atoms with Crippen LogP contribution in [0.25, 0.3) is 33.0 Å². The van der Waals surface area contributed by atoms with E-state index in [1.165, 1.54) is 65.1 Å². The van der Waals surface area contributed by atoms with E-state index in [1.807, 2.05) is 11.8 Å². The standard InChI is InChI=1S/C47H31NS/c1-3-14-35(15-4-1)48(36-16-5-2-6-17-36)37-29-28-32-30-34(27-26-33(32)31-37)38-20-13-25-45-46(38)47(43-23-11-12-24-44(43)49-45)41-21-9-7-18-39(41)40-19-8-10-22-42(40)47/h1-31H. The van der Waals surface area contributed by atoms with Gasteiger partial charge in [0, 0.05) is 26.9 Å². The summed E-state index contributed by atoms with van der Waals surface area (Å²) in [5, 5.41) is 2.44. The second-order valence-corrected chi connectivity index (χ2v) is 14.0. The molecule has 0 atom stereocenters. The van der Waals surface area contributed by atoms with Gasteiger partial charge in [-0.1, -0.05) is 145 Å². The predicted octanol–water partition coefficient (Wildman–Crippen LogP) is 12.8. The van der Waals surface area contributed by atoms with Crippen molar-refractivity contribution >= 4 is 39.6 Å². The first-order valence-electron chi connectivity index (χ1n) is 16.9. The molecule has 49 heavy (non-hydrogen) atoms. The first-order chi connectivity index (χ1) is 24.3. The van der Waals surface area contributed by atoms with E-state index in [2.05, 4.69) is 193 Å². The summed E-state index contributed by atoms with van der Waals surface area (Å²) >= 11 is 1.90. The fraction of sp³-hybridized carbons (Fsp3) is 0.0213. The minimum atomic E-state index is -0.411. The molecule has 0 amide bonds. The number of fused-ring (bicyclic) bond motifs is 10. The van der Waals surface area contributed by atoms with Gasteiger partial charge in [-0.25, -0.2) is 0 Å². The maximum absolute atomic E-state index is 2.38. The van der Waals surface area contributed by atoms with Crippen LogP contribution in [-0.4, -0.2) is 0 Å². The van der Waals surface area contributed by atoms with Crippen LogP contribution < -0.4 is 4.90 Å². The lowest BCUT2D eigenvalue weighted by Gasteiger charge is -2.41. The monoisotopic (exact) mass is 641 g/mol. The Morgan fingerprint density at radius 1 is 0.367 bits per heavy atom. The van der Waals surface area contributed by atoms with Crippen LogP contribution >= 0.6 is 11.8 Å². The molecule has 1 nitrogen and oxygen atoms in total. The number of hydrogen-bond donors (Lipinski definition) is 0. The summed E-state index contributed by atoms with van der Waals surface area (Å²) < 4.78 is 0. The lowest BCUT2D eigenvalue weighted by molar-refractivity contribution is 0.724. The Hall–Kier alpha value is -5.83. The molecule has 2 heteroatoms. The molecule has 1 heterocycles. The van der Waals surface area contributed by atoms with Gasteiger partial charge >= 0.3 is 0 Å². The van der Waals surface area contributed by atoms with E-state index in [-0.39, 0.29) is 0 Å². The highest BCUT2D eigenvalue weighted by Crippen LogP contribution is 2.63. The van der Waals surface area contributed by atoms with Crippen molar-refractivity contribution in [3.05, 3.63) is 210 Å². The lowest BCUT2D eigenvalue weighted by Crippen LogP contribution is -2.32. The van der Waals surface area contributed by atoms with Crippen molar-refractivity contribution in [3.63, 3.8) is 0 Å². The van der Waals surface area contributed by atoms with E-state index in [0.29, 0.717) is 0 Å². The van der Waals surface area contributed by atoms with E-state index in [9.17, 15) is 0 Å². The van der Waals surface area contributed by atoms with Crippen molar-refractivity contribution in [3.8, 4) is 22.3 Å². The summed E-state index contributed by atoms with van der Waals surface area (Å²) in [6, 6.07) is 69.1. The number of anilines is 3. The summed E-state index contributed by atoms with van der Waals surface area (Å²) in [6.45, 7) is 0. The van der Waals surface area contributed by atoms with Crippen LogP contribution in [0.5, 0.6) is 0 Å². The smallest absolute Gasteiger partial charge is 0.0741 e. The van der Waals surface area contributed by atoms with Crippen LogP contribution in [0, 0.1) is 0 Å². The molecular weight excluding hydrogens is 611 g/mol. The van der Waals surface area contributed by atoms with Gasteiger partial charge in [0.15, 0.2) is 0 Å².